The molecule has 12 nitrogen and oxygen atoms in total. The van der Waals surface area contributed by atoms with E-state index in [4.69, 9.17) is 30.0 Å². The first-order valence-electron chi connectivity index (χ1n) is 9.22. The molecule has 4 rings (SSSR count). The number of hydrogen-bond acceptors (Lipinski definition) is 10. The van der Waals surface area contributed by atoms with Crippen LogP contribution in [0, 0.1) is 0 Å². The molecular weight excluding hydrogens is 356 g/mol. The van der Waals surface area contributed by atoms with Gasteiger partial charge in [0.25, 0.3) is 11.8 Å². The maximum absolute atomic E-state index is 5.99. The second-order valence-electron chi connectivity index (χ2n) is 6.53. The summed E-state index contributed by atoms with van der Waals surface area (Å²) in [7, 11) is 0. The Morgan fingerprint density at radius 1 is 0.741 bits per heavy atom. The summed E-state index contributed by atoms with van der Waals surface area (Å²) in [5.74, 6) is 0.668. The van der Waals surface area contributed by atoms with E-state index in [-0.39, 0.29) is 0 Å². The average Bonchev–Trinajstić information content (AvgIpc) is 3.26. The number of hydrogen-bond donors (Lipinski definition) is 2. The van der Waals surface area contributed by atoms with Crippen LogP contribution in [0.25, 0.3) is 0 Å². The van der Waals surface area contributed by atoms with Gasteiger partial charge in [-0.2, -0.15) is 0 Å². The van der Waals surface area contributed by atoms with Crippen molar-refractivity contribution in [2.45, 2.75) is 19.3 Å². The Kier molecular flexibility index (Phi) is 5.25. The summed E-state index contributed by atoms with van der Waals surface area (Å²) in [5, 5.41) is 12.3. The van der Waals surface area contributed by atoms with Crippen molar-refractivity contribution in [2.24, 2.45) is 0 Å². The first-order valence-corrected chi connectivity index (χ1v) is 9.22. The Morgan fingerprint density at radius 3 is 1.56 bits per heavy atom. The van der Waals surface area contributed by atoms with Gasteiger partial charge in [-0.05, 0) is 6.42 Å². The Morgan fingerprint density at radius 2 is 1.15 bits per heavy atom. The zero-order valence-electron chi connectivity index (χ0n) is 15.2. The first-order chi connectivity index (χ1) is 13.2. The fraction of sp³-hybridized carbons (Fsp3) is 0.733. The van der Waals surface area contributed by atoms with Gasteiger partial charge in [0.2, 0.25) is 10.5 Å². The van der Waals surface area contributed by atoms with Crippen molar-refractivity contribution in [2.75, 3.05) is 74.1 Å². The lowest BCUT2D eigenvalue weighted by molar-refractivity contribution is -0.766. The third kappa shape index (κ3) is 3.76. The molecule has 4 heterocycles. The highest BCUT2D eigenvalue weighted by Gasteiger charge is 2.33. The Hall–Kier alpha value is -2.60. The van der Waals surface area contributed by atoms with Crippen molar-refractivity contribution in [3.05, 3.63) is 11.4 Å². The van der Waals surface area contributed by atoms with Gasteiger partial charge in [0.1, 0.15) is 0 Å². The molecule has 148 valence electrons. The minimum Gasteiger partial charge on any atom is -0.377 e. The fourth-order valence-electron chi connectivity index (χ4n) is 3.37. The number of morpholine rings is 2. The summed E-state index contributed by atoms with van der Waals surface area (Å²) in [6, 6.07) is 0. The highest BCUT2D eigenvalue weighted by Crippen LogP contribution is 2.13. The number of nitrogens with two attached hydrogens (primary N) is 2. The van der Waals surface area contributed by atoms with Gasteiger partial charge in [0, 0.05) is 12.8 Å². The number of aromatic nitrogens is 4. The molecule has 0 aliphatic carbocycles. The molecular formula is C15H26N8O4+2. The number of anilines is 2. The molecule has 2 fully saturated rings. The molecule has 0 atom stereocenters. The smallest absolute Gasteiger partial charge is 0.307 e. The van der Waals surface area contributed by atoms with Gasteiger partial charge in [0.15, 0.2) is 0 Å². The highest BCUT2D eigenvalue weighted by atomic mass is 16.5. The lowest BCUT2D eigenvalue weighted by atomic mass is 10.1. The van der Waals surface area contributed by atoms with Gasteiger partial charge in [-0.1, -0.05) is 0 Å². The topological polar surface area (TPSA) is 137 Å². The summed E-state index contributed by atoms with van der Waals surface area (Å²) >= 11 is 0. The predicted octanol–water partition coefficient (Wildman–Crippen LogP) is -2.49. The highest BCUT2D eigenvalue weighted by molar-refractivity contribution is 5.27. The number of ether oxygens (including phenoxy) is 2. The van der Waals surface area contributed by atoms with E-state index < -0.39 is 0 Å². The molecule has 0 amide bonds. The molecule has 2 saturated heterocycles. The van der Waals surface area contributed by atoms with Crippen molar-refractivity contribution >= 4 is 11.8 Å². The van der Waals surface area contributed by atoms with E-state index in [1.807, 2.05) is 0 Å². The van der Waals surface area contributed by atoms with Crippen LogP contribution in [0.5, 0.6) is 0 Å². The summed E-state index contributed by atoms with van der Waals surface area (Å²) in [5.41, 5.74) is 13.7. The molecule has 2 aromatic heterocycles. The number of rotatable bonds is 6. The second-order valence-corrected chi connectivity index (χ2v) is 6.53. The number of nitrogens with zero attached hydrogens (tertiary/aromatic N) is 6. The molecule has 2 aromatic rings. The van der Waals surface area contributed by atoms with Crippen molar-refractivity contribution in [3.8, 4) is 0 Å². The van der Waals surface area contributed by atoms with Gasteiger partial charge in [-0.3, -0.25) is 9.05 Å². The average molecular weight is 382 g/mol. The molecule has 12 heteroatoms. The lowest BCUT2D eigenvalue weighted by Crippen LogP contribution is -2.65. The van der Waals surface area contributed by atoms with Crippen molar-refractivity contribution in [3.63, 3.8) is 0 Å². The van der Waals surface area contributed by atoms with Crippen LogP contribution in [0.1, 0.15) is 17.8 Å². The molecule has 2 aliphatic heterocycles. The predicted molar refractivity (Wildman–Crippen MR) is 91.8 cm³/mol. The zero-order chi connectivity index (χ0) is 18.6. The molecule has 4 N–H and O–H groups in total. The van der Waals surface area contributed by atoms with E-state index in [1.165, 1.54) is 0 Å². The van der Waals surface area contributed by atoms with Crippen LogP contribution in [0.2, 0.25) is 0 Å². The maximum atomic E-state index is 5.99. The normalized spacial score (nSPS) is 18.2. The SMILES string of the molecule is Nc1on[n+](N2CCOCC2)c1CCCc1c(N)on[n+]1N1CCOCC1. The van der Waals surface area contributed by atoms with E-state index in [0.29, 0.717) is 51.0 Å². The maximum Gasteiger partial charge on any atom is 0.307 e. The van der Waals surface area contributed by atoms with E-state index in [2.05, 4.69) is 20.6 Å². The summed E-state index contributed by atoms with van der Waals surface area (Å²) in [6.45, 7) is 5.65. The van der Waals surface area contributed by atoms with Crippen LogP contribution in [0.15, 0.2) is 9.05 Å². The van der Waals surface area contributed by atoms with Crippen LogP contribution < -0.4 is 31.1 Å². The van der Waals surface area contributed by atoms with Gasteiger partial charge < -0.3 is 20.9 Å². The van der Waals surface area contributed by atoms with Gasteiger partial charge in [0.05, 0.1) is 62.2 Å². The summed E-state index contributed by atoms with van der Waals surface area (Å²) in [4.78, 5) is 3.51. The quantitative estimate of drug-likeness (QED) is 0.516. The van der Waals surface area contributed by atoms with Crippen LogP contribution in [-0.2, 0) is 22.3 Å². The molecule has 0 spiro atoms. The van der Waals surface area contributed by atoms with Crippen molar-refractivity contribution in [1.82, 2.24) is 10.5 Å². The molecule has 2 aliphatic rings. The number of nitrogen functional groups attached to an aromatic ring is 2. The van der Waals surface area contributed by atoms with Crippen LogP contribution in [0.4, 0.5) is 11.8 Å². The van der Waals surface area contributed by atoms with Gasteiger partial charge in [-0.15, -0.1) is 10.0 Å². The lowest BCUT2D eigenvalue weighted by Gasteiger charge is -2.20. The first kappa shape index (κ1) is 17.8. The van der Waals surface area contributed by atoms with E-state index >= 15 is 0 Å². The third-order valence-electron chi connectivity index (χ3n) is 4.82. The standard InChI is InChI=1S/C15H26N8O4/c16-14-12(22(18-26-14)20-4-8-24-9-5-20)2-1-3-13-15(17)27-19-23(13)21-6-10-25-11-7-21/h1-11,16-17H2/q+2. The summed E-state index contributed by atoms with van der Waals surface area (Å²) in [6.07, 6.45) is 2.19. The summed E-state index contributed by atoms with van der Waals surface area (Å²) < 4.78 is 21.2. The molecule has 27 heavy (non-hydrogen) atoms. The molecule has 0 unspecified atom stereocenters. The minimum atomic E-state index is 0.334. The van der Waals surface area contributed by atoms with Gasteiger partial charge in [-0.25, -0.2) is 0 Å². The van der Waals surface area contributed by atoms with E-state index in [0.717, 1.165) is 44.0 Å². The van der Waals surface area contributed by atoms with E-state index in [1.54, 1.807) is 9.58 Å². The second kappa shape index (κ2) is 7.96. The van der Waals surface area contributed by atoms with Gasteiger partial charge >= 0.3 is 11.4 Å². The molecule has 0 bridgehead atoms. The van der Waals surface area contributed by atoms with Crippen LogP contribution in [-0.4, -0.2) is 63.1 Å². The largest absolute Gasteiger partial charge is 0.377 e. The van der Waals surface area contributed by atoms with Crippen LogP contribution >= 0.6 is 0 Å². The van der Waals surface area contributed by atoms with Crippen molar-refractivity contribution < 1.29 is 28.1 Å². The van der Waals surface area contributed by atoms with Crippen molar-refractivity contribution in [1.29, 1.82) is 0 Å². The minimum absolute atomic E-state index is 0.334. The fourth-order valence-corrected chi connectivity index (χ4v) is 3.37. The molecule has 0 radical (unpaired) electrons. The Balaban J connectivity index is 1.42. The van der Waals surface area contributed by atoms with Crippen LogP contribution in [0.3, 0.4) is 0 Å². The zero-order valence-corrected chi connectivity index (χ0v) is 15.2. The molecule has 0 saturated carbocycles. The Bertz CT molecular complexity index is 689. The molecule has 0 aromatic carbocycles. The Labute approximate surface area is 156 Å². The monoisotopic (exact) mass is 382 g/mol. The van der Waals surface area contributed by atoms with E-state index in [9.17, 15) is 0 Å². The third-order valence-corrected chi connectivity index (χ3v) is 4.82.